The molecule has 2 aromatic rings. The van der Waals surface area contributed by atoms with Gasteiger partial charge < -0.3 is 14.8 Å². The molecule has 0 atom stereocenters. The fourth-order valence-electron chi connectivity index (χ4n) is 2.28. The normalized spacial score (nSPS) is 11.0. The summed E-state index contributed by atoms with van der Waals surface area (Å²) in [5.74, 6) is -0.797. The number of anilines is 1. The molecule has 0 spiro atoms. The summed E-state index contributed by atoms with van der Waals surface area (Å²) in [5, 5.41) is 2.10. The minimum atomic E-state index is -4.60. The summed E-state index contributed by atoms with van der Waals surface area (Å²) < 4.78 is 48.9. The predicted octanol–water partition coefficient (Wildman–Crippen LogP) is 4.35. The van der Waals surface area contributed by atoms with Gasteiger partial charge in [0, 0.05) is 6.42 Å². The number of alkyl halides is 3. The van der Waals surface area contributed by atoms with Crippen LogP contribution in [0.1, 0.15) is 24.0 Å². The van der Waals surface area contributed by atoms with Crippen LogP contribution >= 0.6 is 0 Å². The van der Waals surface area contributed by atoms with Crippen molar-refractivity contribution in [2.24, 2.45) is 0 Å². The van der Waals surface area contributed by atoms with Crippen LogP contribution < -0.4 is 10.1 Å². The summed E-state index contributed by atoms with van der Waals surface area (Å²) in [4.78, 5) is 23.4. The molecule has 0 unspecified atom stereocenters. The topological polar surface area (TPSA) is 64.6 Å². The molecule has 0 aromatic heterocycles. The molecule has 0 aliphatic carbocycles. The molecule has 0 aliphatic heterocycles. The van der Waals surface area contributed by atoms with Crippen molar-refractivity contribution in [2.45, 2.75) is 25.9 Å². The number of ether oxygens (including phenoxy) is 2. The summed E-state index contributed by atoms with van der Waals surface area (Å²) in [5.41, 5.74) is -0.252. The summed E-state index contributed by atoms with van der Waals surface area (Å²) in [6.45, 7) is 1.59. The second kappa shape index (κ2) is 9.77. The van der Waals surface area contributed by atoms with Crippen molar-refractivity contribution in [1.82, 2.24) is 0 Å². The van der Waals surface area contributed by atoms with Gasteiger partial charge in [0.15, 0.2) is 6.61 Å². The smallest absolute Gasteiger partial charge is 0.418 e. The second-order valence-electron chi connectivity index (χ2n) is 6.02. The molecule has 1 amide bonds. The summed E-state index contributed by atoms with van der Waals surface area (Å²) in [7, 11) is 0. The third kappa shape index (κ3) is 6.94. The van der Waals surface area contributed by atoms with Gasteiger partial charge in [0.1, 0.15) is 5.75 Å². The largest absolute Gasteiger partial charge is 0.494 e. The maximum Gasteiger partial charge on any atom is 0.418 e. The number of amides is 1. The standard InChI is InChI=1S/C20H20F3NO4/c1-14-8-10-15(11-9-14)27-12-4-7-19(26)28-13-18(25)24-17-6-3-2-5-16(17)20(21,22)23/h2-3,5-6,8-11H,4,7,12-13H2,1H3,(H,24,25). The number of esters is 1. The van der Waals surface area contributed by atoms with E-state index in [1.807, 2.05) is 31.2 Å². The molecule has 1 N–H and O–H groups in total. The fourth-order valence-corrected chi connectivity index (χ4v) is 2.28. The van der Waals surface area contributed by atoms with Crippen molar-refractivity contribution in [2.75, 3.05) is 18.5 Å². The number of hydrogen-bond acceptors (Lipinski definition) is 4. The van der Waals surface area contributed by atoms with Crippen molar-refractivity contribution >= 4 is 17.6 Å². The van der Waals surface area contributed by atoms with Gasteiger partial charge in [0.25, 0.3) is 5.91 Å². The minimum absolute atomic E-state index is 0.0261. The third-order valence-corrected chi connectivity index (χ3v) is 3.69. The van der Waals surface area contributed by atoms with E-state index in [4.69, 9.17) is 9.47 Å². The first-order chi connectivity index (χ1) is 13.3. The Morgan fingerprint density at radius 3 is 2.39 bits per heavy atom. The van der Waals surface area contributed by atoms with E-state index in [1.54, 1.807) is 0 Å². The maximum absolute atomic E-state index is 12.9. The first-order valence-electron chi connectivity index (χ1n) is 8.57. The highest BCUT2D eigenvalue weighted by Gasteiger charge is 2.33. The highest BCUT2D eigenvalue weighted by atomic mass is 19.4. The van der Waals surface area contributed by atoms with Crippen molar-refractivity contribution in [3.05, 3.63) is 59.7 Å². The molecule has 8 heteroatoms. The van der Waals surface area contributed by atoms with Gasteiger partial charge in [-0.25, -0.2) is 0 Å². The summed E-state index contributed by atoms with van der Waals surface area (Å²) in [6, 6.07) is 12.0. The highest BCUT2D eigenvalue weighted by Crippen LogP contribution is 2.34. The average Bonchev–Trinajstić information content (AvgIpc) is 2.64. The lowest BCUT2D eigenvalue weighted by Gasteiger charge is -2.13. The average molecular weight is 395 g/mol. The van der Waals surface area contributed by atoms with E-state index < -0.39 is 30.2 Å². The fraction of sp³-hybridized carbons (Fsp3) is 0.300. The number of benzene rings is 2. The monoisotopic (exact) mass is 395 g/mol. The molecule has 150 valence electrons. The molecular weight excluding hydrogens is 375 g/mol. The summed E-state index contributed by atoms with van der Waals surface area (Å²) in [6.07, 6.45) is -4.19. The Morgan fingerprint density at radius 1 is 1.04 bits per heavy atom. The Hall–Kier alpha value is -3.03. The minimum Gasteiger partial charge on any atom is -0.494 e. The van der Waals surface area contributed by atoms with E-state index in [1.165, 1.54) is 12.1 Å². The van der Waals surface area contributed by atoms with Crippen molar-refractivity contribution in [3.8, 4) is 5.75 Å². The second-order valence-corrected chi connectivity index (χ2v) is 6.02. The van der Waals surface area contributed by atoms with Crippen LogP contribution in [0.5, 0.6) is 5.75 Å². The molecule has 0 saturated heterocycles. The lowest BCUT2D eigenvalue weighted by atomic mass is 10.1. The molecule has 0 saturated carbocycles. The number of rotatable bonds is 8. The van der Waals surface area contributed by atoms with Crippen LogP contribution in [0.3, 0.4) is 0 Å². The molecule has 0 aliphatic rings. The first kappa shape index (κ1) is 21.3. The van der Waals surface area contributed by atoms with Gasteiger partial charge in [-0.1, -0.05) is 29.8 Å². The van der Waals surface area contributed by atoms with Crippen molar-refractivity contribution in [3.63, 3.8) is 0 Å². The molecular formula is C20H20F3NO4. The lowest BCUT2D eigenvalue weighted by Crippen LogP contribution is -2.22. The van der Waals surface area contributed by atoms with Gasteiger partial charge in [0.2, 0.25) is 0 Å². The van der Waals surface area contributed by atoms with Gasteiger partial charge in [-0.15, -0.1) is 0 Å². The van der Waals surface area contributed by atoms with Gasteiger partial charge in [-0.05, 0) is 37.6 Å². The van der Waals surface area contributed by atoms with Gasteiger partial charge in [0.05, 0.1) is 17.9 Å². The number of carbonyl (C=O) groups excluding carboxylic acids is 2. The van der Waals surface area contributed by atoms with E-state index >= 15 is 0 Å². The Bertz CT molecular complexity index is 804. The van der Waals surface area contributed by atoms with Gasteiger partial charge in [-0.3, -0.25) is 9.59 Å². The molecule has 0 fully saturated rings. The number of para-hydroxylation sites is 1. The molecule has 0 bridgehead atoms. The third-order valence-electron chi connectivity index (χ3n) is 3.69. The number of hydrogen-bond donors (Lipinski definition) is 1. The van der Waals surface area contributed by atoms with Crippen LogP contribution in [-0.2, 0) is 20.5 Å². The zero-order valence-corrected chi connectivity index (χ0v) is 15.2. The van der Waals surface area contributed by atoms with E-state index in [0.717, 1.165) is 17.7 Å². The van der Waals surface area contributed by atoms with Crippen LogP contribution in [0.15, 0.2) is 48.5 Å². The number of aryl methyl sites for hydroxylation is 1. The SMILES string of the molecule is Cc1ccc(OCCCC(=O)OCC(=O)Nc2ccccc2C(F)(F)F)cc1. The van der Waals surface area contributed by atoms with Crippen LogP contribution in [0.2, 0.25) is 0 Å². The van der Waals surface area contributed by atoms with Crippen LogP contribution in [-0.4, -0.2) is 25.1 Å². The zero-order chi connectivity index (χ0) is 20.6. The van der Waals surface area contributed by atoms with Crippen molar-refractivity contribution in [1.29, 1.82) is 0 Å². The number of halogens is 3. The molecule has 0 heterocycles. The number of carbonyl (C=O) groups is 2. The molecule has 2 aromatic carbocycles. The predicted molar refractivity (Wildman–Crippen MR) is 96.9 cm³/mol. The first-order valence-corrected chi connectivity index (χ1v) is 8.57. The molecule has 0 radical (unpaired) electrons. The highest BCUT2D eigenvalue weighted by molar-refractivity contribution is 5.93. The molecule has 2 rings (SSSR count). The molecule has 28 heavy (non-hydrogen) atoms. The van der Waals surface area contributed by atoms with Crippen LogP contribution in [0, 0.1) is 6.92 Å². The van der Waals surface area contributed by atoms with Gasteiger partial charge >= 0.3 is 12.1 Å². The zero-order valence-electron chi connectivity index (χ0n) is 15.2. The molecule has 5 nitrogen and oxygen atoms in total. The van der Waals surface area contributed by atoms with Gasteiger partial charge in [-0.2, -0.15) is 13.2 Å². The van der Waals surface area contributed by atoms with Crippen LogP contribution in [0.25, 0.3) is 0 Å². The Balaban J connectivity index is 1.70. The quantitative estimate of drug-likeness (QED) is 0.533. The Labute approximate surface area is 160 Å². The lowest BCUT2D eigenvalue weighted by molar-refractivity contribution is -0.147. The van der Waals surface area contributed by atoms with E-state index in [9.17, 15) is 22.8 Å². The van der Waals surface area contributed by atoms with Crippen molar-refractivity contribution < 1.29 is 32.2 Å². The van der Waals surface area contributed by atoms with E-state index in [0.29, 0.717) is 18.8 Å². The van der Waals surface area contributed by atoms with Crippen LogP contribution in [0.4, 0.5) is 18.9 Å². The summed E-state index contributed by atoms with van der Waals surface area (Å²) >= 11 is 0. The number of nitrogens with one attached hydrogen (secondary N) is 1. The van der Waals surface area contributed by atoms with E-state index in [-0.39, 0.29) is 12.1 Å². The van der Waals surface area contributed by atoms with E-state index in [2.05, 4.69) is 5.32 Å². The Kier molecular flexibility index (Phi) is 7.43. The maximum atomic E-state index is 12.9. The Morgan fingerprint density at radius 2 is 1.71 bits per heavy atom.